The van der Waals surface area contributed by atoms with E-state index in [1.165, 1.54) is 4.90 Å². The number of pyridine rings is 1. The molecule has 2 rings (SSSR count). The third kappa shape index (κ3) is 2.90. The second-order valence-electron chi connectivity index (χ2n) is 5.31. The number of carbonyl (C=O) groups is 1. The van der Waals surface area contributed by atoms with Gasteiger partial charge in [-0.1, -0.05) is 13.8 Å². The first-order chi connectivity index (χ1) is 9.42. The van der Waals surface area contributed by atoms with Crippen LogP contribution in [0.2, 0.25) is 0 Å². The smallest absolute Gasteiger partial charge is 0.254 e. The molecule has 0 aromatic carbocycles. The highest BCUT2D eigenvalue weighted by Crippen LogP contribution is 2.20. The fraction of sp³-hybridized carbons (Fsp3) is 0.538. The van der Waals surface area contributed by atoms with Crippen LogP contribution in [0.4, 0.5) is 5.82 Å². The molecule has 5 N–H and O–H groups in total. The molecule has 7 heteroatoms. The number of carbonyl (C=O) groups excluding carboxylic acids is 1. The molecule has 2 unspecified atom stereocenters. The number of anilines is 1. The van der Waals surface area contributed by atoms with E-state index < -0.39 is 12.2 Å². The summed E-state index contributed by atoms with van der Waals surface area (Å²) >= 11 is 0. The summed E-state index contributed by atoms with van der Waals surface area (Å²) in [5.74, 6) is 5.69. The van der Waals surface area contributed by atoms with Gasteiger partial charge in [0.1, 0.15) is 5.82 Å². The predicted octanol–water partition coefficient (Wildman–Crippen LogP) is -0.332. The number of aliphatic hydroxyl groups excluding tert-OH is 2. The third-order valence-corrected chi connectivity index (χ3v) is 3.38. The summed E-state index contributed by atoms with van der Waals surface area (Å²) < 4.78 is 0. The van der Waals surface area contributed by atoms with E-state index in [0.29, 0.717) is 11.4 Å². The van der Waals surface area contributed by atoms with E-state index in [-0.39, 0.29) is 24.9 Å². The van der Waals surface area contributed by atoms with Crippen molar-refractivity contribution in [3.8, 4) is 0 Å². The van der Waals surface area contributed by atoms with Crippen LogP contribution in [0.1, 0.15) is 35.8 Å². The summed E-state index contributed by atoms with van der Waals surface area (Å²) in [4.78, 5) is 18.1. The van der Waals surface area contributed by atoms with Gasteiger partial charge in [-0.15, -0.1) is 0 Å². The Morgan fingerprint density at radius 1 is 1.40 bits per heavy atom. The van der Waals surface area contributed by atoms with Crippen LogP contribution in [-0.4, -0.2) is 51.3 Å². The molecule has 20 heavy (non-hydrogen) atoms. The van der Waals surface area contributed by atoms with Crippen LogP contribution in [0.5, 0.6) is 0 Å². The second-order valence-corrected chi connectivity index (χ2v) is 5.31. The normalized spacial score (nSPS) is 22.4. The predicted molar refractivity (Wildman–Crippen MR) is 74.1 cm³/mol. The van der Waals surface area contributed by atoms with Crippen LogP contribution in [0, 0.1) is 0 Å². The van der Waals surface area contributed by atoms with E-state index >= 15 is 0 Å². The van der Waals surface area contributed by atoms with Gasteiger partial charge in [-0.25, -0.2) is 10.8 Å². The van der Waals surface area contributed by atoms with Gasteiger partial charge in [0.25, 0.3) is 5.91 Å². The lowest BCUT2D eigenvalue weighted by molar-refractivity contribution is 0.0572. The monoisotopic (exact) mass is 280 g/mol. The molecule has 0 aliphatic carbocycles. The van der Waals surface area contributed by atoms with Crippen molar-refractivity contribution in [2.75, 3.05) is 18.5 Å². The first kappa shape index (κ1) is 14.7. The molecule has 2 atom stereocenters. The largest absolute Gasteiger partial charge is 0.388 e. The van der Waals surface area contributed by atoms with Crippen LogP contribution in [0.15, 0.2) is 12.1 Å². The molecule has 7 nitrogen and oxygen atoms in total. The van der Waals surface area contributed by atoms with E-state index in [4.69, 9.17) is 5.84 Å². The molecule has 1 aliphatic rings. The van der Waals surface area contributed by atoms with Crippen molar-refractivity contribution < 1.29 is 15.0 Å². The van der Waals surface area contributed by atoms with Gasteiger partial charge < -0.3 is 20.5 Å². The standard InChI is InChI=1S/C13H20N4O3/c1-7(2)9-3-8(4-12(15-9)16-14)13(20)17-5-10(18)11(19)6-17/h3-4,7,10-11,18-19H,5-6,14H2,1-2H3,(H,15,16). The lowest BCUT2D eigenvalue weighted by atomic mass is 10.1. The fourth-order valence-electron chi connectivity index (χ4n) is 2.16. The molecule has 1 fully saturated rings. The fourth-order valence-corrected chi connectivity index (χ4v) is 2.16. The zero-order chi connectivity index (χ0) is 14.9. The quantitative estimate of drug-likeness (QED) is 0.445. The number of aliphatic hydroxyl groups is 2. The number of nitrogens with zero attached hydrogens (tertiary/aromatic N) is 2. The van der Waals surface area contributed by atoms with Crippen molar-refractivity contribution in [2.45, 2.75) is 32.0 Å². The lowest BCUT2D eigenvalue weighted by Crippen LogP contribution is -2.30. The first-order valence-electron chi connectivity index (χ1n) is 6.56. The zero-order valence-electron chi connectivity index (χ0n) is 11.6. The van der Waals surface area contributed by atoms with E-state index in [2.05, 4.69) is 10.4 Å². The number of hydrogen-bond acceptors (Lipinski definition) is 6. The Morgan fingerprint density at radius 3 is 2.50 bits per heavy atom. The third-order valence-electron chi connectivity index (χ3n) is 3.38. The van der Waals surface area contributed by atoms with Crippen molar-refractivity contribution in [2.24, 2.45) is 5.84 Å². The van der Waals surface area contributed by atoms with Crippen LogP contribution >= 0.6 is 0 Å². The number of aromatic nitrogens is 1. The maximum atomic E-state index is 12.4. The van der Waals surface area contributed by atoms with E-state index in [9.17, 15) is 15.0 Å². The number of hydrazine groups is 1. The average Bonchev–Trinajstić information content (AvgIpc) is 2.77. The van der Waals surface area contributed by atoms with Crippen LogP contribution in [-0.2, 0) is 0 Å². The highest BCUT2D eigenvalue weighted by atomic mass is 16.3. The molecule has 1 aromatic heterocycles. The molecule has 1 amide bonds. The molecule has 1 aromatic rings. The second kappa shape index (κ2) is 5.74. The minimum atomic E-state index is -0.891. The number of likely N-dealkylation sites (tertiary alicyclic amines) is 1. The lowest BCUT2D eigenvalue weighted by Gasteiger charge is -2.17. The Labute approximate surface area is 117 Å². The van der Waals surface area contributed by atoms with Gasteiger partial charge in [-0.05, 0) is 18.1 Å². The summed E-state index contributed by atoms with van der Waals surface area (Å²) in [7, 11) is 0. The first-order valence-corrected chi connectivity index (χ1v) is 6.56. The maximum Gasteiger partial charge on any atom is 0.254 e. The number of amides is 1. The molecule has 1 saturated heterocycles. The molecule has 0 bridgehead atoms. The number of hydrogen-bond donors (Lipinski definition) is 4. The molecular formula is C13H20N4O3. The molecule has 1 aliphatic heterocycles. The summed E-state index contributed by atoms with van der Waals surface area (Å²) in [6, 6.07) is 3.27. The summed E-state index contributed by atoms with van der Waals surface area (Å²) in [6.07, 6.45) is -1.78. The number of β-amino-alcohol motifs (C(OH)–C–C–N with tert-alkyl or cyclic N) is 2. The topological polar surface area (TPSA) is 112 Å². The zero-order valence-corrected chi connectivity index (χ0v) is 11.6. The SMILES string of the molecule is CC(C)c1cc(C(=O)N2CC(O)C(O)C2)cc(NN)n1. The number of nitrogens with one attached hydrogen (secondary N) is 1. The molecular weight excluding hydrogens is 260 g/mol. The van der Waals surface area contributed by atoms with Crippen LogP contribution < -0.4 is 11.3 Å². The summed E-state index contributed by atoms with van der Waals surface area (Å²) in [5.41, 5.74) is 3.64. The highest BCUT2D eigenvalue weighted by Gasteiger charge is 2.33. The maximum absolute atomic E-state index is 12.4. The van der Waals surface area contributed by atoms with E-state index in [0.717, 1.165) is 5.69 Å². The van der Waals surface area contributed by atoms with Gasteiger partial charge in [0.05, 0.1) is 12.2 Å². The van der Waals surface area contributed by atoms with Crippen molar-refractivity contribution in [3.63, 3.8) is 0 Å². The van der Waals surface area contributed by atoms with Gasteiger partial charge in [0.15, 0.2) is 0 Å². The Kier molecular flexibility index (Phi) is 4.22. The molecule has 2 heterocycles. The Morgan fingerprint density at radius 2 is 2.00 bits per heavy atom. The molecule has 0 spiro atoms. The van der Waals surface area contributed by atoms with Gasteiger partial charge in [0.2, 0.25) is 0 Å². The average molecular weight is 280 g/mol. The molecule has 0 saturated carbocycles. The van der Waals surface area contributed by atoms with Gasteiger partial charge in [-0.2, -0.15) is 0 Å². The highest BCUT2D eigenvalue weighted by molar-refractivity contribution is 5.95. The van der Waals surface area contributed by atoms with Crippen molar-refractivity contribution >= 4 is 11.7 Å². The Balaban J connectivity index is 2.27. The van der Waals surface area contributed by atoms with E-state index in [1.807, 2.05) is 13.8 Å². The van der Waals surface area contributed by atoms with Crippen molar-refractivity contribution in [1.82, 2.24) is 9.88 Å². The van der Waals surface area contributed by atoms with Crippen LogP contribution in [0.3, 0.4) is 0 Å². The summed E-state index contributed by atoms with van der Waals surface area (Å²) in [5, 5.41) is 19.0. The number of nitrogen functional groups attached to an aromatic ring is 1. The van der Waals surface area contributed by atoms with Gasteiger partial charge >= 0.3 is 0 Å². The van der Waals surface area contributed by atoms with Gasteiger partial charge in [0, 0.05) is 24.3 Å². The minimum Gasteiger partial charge on any atom is -0.388 e. The van der Waals surface area contributed by atoms with Crippen LogP contribution in [0.25, 0.3) is 0 Å². The van der Waals surface area contributed by atoms with Crippen molar-refractivity contribution in [3.05, 3.63) is 23.4 Å². The minimum absolute atomic E-state index is 0.130. The van der Waals surface area contributed by atoms with E-state index in [1.54, 1.807) is 12.1 Å². The van der Waals surface area contributed by atoms with Crippen molar-refractivity contribution in [1.29, 1.82) is 0 Å². The molecule has 110 valence electrons. The number of rotatable bonds is 3. The van der Waals surface area contributed by atoms with Gasteiger partial charge in [-0.3, -0.25) is 4.79 Å². The Hall–Kier alpha value is -1.70. The number of nitrogens with two attached hydrogens (primary N) is 1. The Bertz CT molecular complexity index is 496. The summed E-state index contributed by atoms with van der Waals surface area (Å²) in [6.45, 7) is 4.20. The molecule has 0 radical (unpaired) electrons.